The van der Waals surface area contributed by atoms with Gasteiger partial charge in [0.25, 0.3) is 0 Å². The maximum Gasteiger partial charge on any atom is 0.0445 e. The molecular formula is C14H23N3. The Hall–Kier alpha value is -1.09. The molecule has 1 saturated carbocycles. The Balaban J connectivity index is 2.08. The molecular weight excluding hydrogens is 210 g/mol. The quantitative estimate of drug-likeness (QED) is 0.734. The van der Waals surface area contributed by atoms with Gasteiger partial charge in [0.1, 0.15) is 0 Å². The van der Waals surface area contributed by atoms with Gasteiger partial charge in [0.05, 0.1) is 0 Å². The topological polar surface area (TPSA) is 28.2 Å². The lowest BCUT2D eigenvalue weighted by atomic mass is 10.2. The molecule has 0 amide bonds. The first-order valence-electron chi connectivity index (χ1n) is 6.77. The second-order valence-corrected chi connectivity index (χ2v) is 4.70. The lowest BCUT2D eigenvalue weighted by molar-refractivity contribution is 0.670. The van der Waals surface area contributed by atoms with Crippen LogP contribution in [0, 0.1) is 0 Å². The largest absolute Gasteiger partial charge is 0.368 e. The fraction of sp³-hybridized carbons (Fsp3) is 0.643. The Labute approximate surface area is 104 Å². The van der Waals surface area contributed by atoms with E-state index in [4.69, 9.17) is 0 Å². The predicted molar refractivity (Wildman–Crippen MR) is 72.3 cm³/mol. The monoisotopic (exact) mass is 233 g/mol. The van der Waals surface area contributed by atoms with Crippen LogP contribution in [0.4, 0.5) is 5.69 Å². The SMILES string of the molecule is CCCNCc1cnccc1N(CC)C1CC1. The van der Waals surface area contributed by atoms with Crippen LogP contribution in [-0.4, -0.2) is 24.1 Å². The van der Waals surface area contributed by atoms with Crippen LogP contribution in [0.2, 0.25) is 0 Å². The molecule has 1 aromatic heterocycles. The highest BCUT2D eigenvalue weighted by Gasteiger charge is 2.29. The van der Waals surface area contributed by atoms with Gasteiger partial charge in [0.15, 0.2) is 0 Å². The number of aromatic nitrogens is 1. The summed E-state index contributed by atoms with van der Waals surface area (Å²) in [5.41, 5.74) is 2.70. The minimum Gasteiger partial charge on any atom is -0.368 e. The van der Waals surface area contributed by atoms with Gasteiger partial charge in [-0.05, 0) is 38.8 Å². The van der Waals surface area contributed by atoms with E-state index in [0.717, 1.165) is 25.7 Å². The van der Waals surface area contributed by atoms with Crippen molar-refractivity contribution >= 4 is 5.69 Å². The first-order chi connectivity index (χ1) is 8.36. The predicted octanol–water partition coefficient (Wildman–Crippen LogP) is 2.57. The number of hydrogen-bond donors (Lipinski definition) is 1. The van der Waals surface area contributed by atoms with Crippen LogP contribution in [0.25, 0.3) is 0 Å². The van der Waals surface area contributed by atoms with Crippen molar-refractivity contribution in [2.75, 3.05) is 18.0 Å². The smallest absolute Gasteiger partial charge is 0.0445 e. The molecule has 0 bridgehead atoms. The summed E-state index contributed by atoms with van der Waals surface area (Å²) in [5.74, 6) is 0. The van der Waals surface area contributed by atoms with E-state index in [1.54, 1.807) is 0 Å². The molecule has 1 aliphatic carbocycles. The highest BCUT2D eigenvalue weighted by Crippen LogP contribution is 2.32. The lowest BCUT2D eigenvalue weighted by Gasteiger charge is -2.25. The molecule has 0 atom stereocenters. The number of pyridine rings is 1. The van der Waals surface area contributed by atoms with Crippen LogP contribution in [0.5, 0.6) is 0 Å². The van der Waals surface area contributed by atoms with Gasteiger partial charge in [-0.2, -0.15) is 0 Å². The standard InChI is InChI=1S/C14H23N3/c1-3-8-15-10-12-11-16-9-7-14(12)17(4-2)13-5-6-13/h7,9,11,13,15H,3-6,8,10H2,1-2H3. The zero-order valence-electron chi connectivity index (χ0n) is 10.9. The molecule has 3 nitrogen and oxygen atoms in total. The average Bonchev–Trinajstić information content (AvgIpc) is 3.17. The van der Waals surface area contributed by atoms with Crippen molar-refractivity contribution in [1.29, 1.82) is 0 Å². The molecule has 1 aliphatic rings. The number of hydrogen-bond acceptors (Lipinski definition) is 3. The Morgan fingerprint density at radius 2 is 2.24 bits per heavy atom. The zero-order valence-corrected chi connectivity index (χ0v) is 10.9. The fourth-order valence-electron chi connectivity index (χ4n) is 2.25. The summed E-state index contributed by atoms with van der Waals surface area (Å²) in [6.07, 6.45) is 7.78. The maximum atomic E-state index is 4.25. The molecule has 2 rings (SSSR count). The Morgan fingerprint density at radius 3 is 2.88 bits per heavy atom. The molecule has 0 radical (unpaired) electrons. The van der Waals surface area contributed by atoms with Crippen LogP contribution in [0.3, 0.4) is 0 Å². The summed E-state index contributed by atoms with van der Waals surface area (Å²) in [5, 5.41) is 3.46. The van der Waals surface area contributed by atoms with E-state index < -0.39 is 0 Å². The molecule has 1 N–H and O–H groups in total. The molecule has 0 spiro atoms. The number of nitrogens with one attached hydrogen (secondary N) is 1. The van der Waals surface area contributed by atoms with E-state index in [2.05, 4.69) is 35.1 Å². The van der Waals surface area contributed by atoms with Crippen molar-refractivity contribution in [2.24, 2.45) is 0 Å². The molecule has 0 aromatic carbocycles. The van der Waals surface area contributed by atoms with Gasteiger partial charge in [0.2, 0.25) is 0 Å². The van der Waals surface area contributed by atoms with Crippen LogP contribution < -0.4 is 10.2 Å². The molecule has 0 unspecified atom stereocenters. The van der Waals surface area contributed by atoms with Crippen molar-refractivity contribution in [1.82, 2.24) is 10.3 Å². The van der Waals surface area contributed by atoms with Gasteiger partial charge < -0.3 is 10.2 Å². The number of anilines is 1. The fourth-order valence-corrected chi connectivity index (χ4v) is 2.25. The van der Waals surface area contributed by atoms with Crippen molar-refractivity contribution in [3.8, 4) is 0 Å². The third kappa shape index (κ3) is 3.19. The molecule has 1 heterocycles. The second-order valence-electron chi connectivity index (χ2n) is 4.70. The van der Waals surface area contributed by atoms with Gasteiger partial charge in [-0.15, -0.1) is 0 Å². The highest BCUT2D eigenvalue weighted by molar-refractivity contribution is 5.54. The van der Waals surface area contributed by atoms with Crippen LogP contribution in [0.1, 0.15) is 38.7 Å². The molecule has 1 fully saturated rings. The van der Waals surface area contributed by atoms with Crippen LogP contribution >= 0.6 is 0 Å². The molecule has 94 valence electrons. The number of rotatable bonds is 7. The Kier molecular flexibility index (Phi) is 4.37. The molecule has 3 heteroatoms. The van der Waals surface area contributed by atoms with Gasteiger partial charge in [-0.1, -0.05) is 6.92 Å². The van der Waals surface area contributed by atoms with E-state index in [0.29, 0.717) is 0 Å². The number of nitrogens with zero attached hydrogens (tertiary/aromatic N) is 2. The van der Waals surface area contributed by atoms with E-state index in [1.165, 1.54) is 30.5 Å². The Bertz CT molecular complexity index is 347. The first kappa shape index (κ1) is 12.4. The van der Waals surface area contributed by atoms with Crippen molar-refractivity contribution in [3.63, 3.8) is 0 Å². The van der Waals surface area contributed by atoms with E-state index in [-0.39, 0.29) is 0 Å². The summed E-state index contributed by atoms with van der Waals surface area (Å²) < 4.78 is 0. The Morgan fingerprint density at radius 1 is 1.41 bits per heavy atom. The summed E-state index contributed by atoms with van der Waals surface area (Å²) in [4.78, 5) is 6.77. The normalized spacial score (nSPS) is 14.9. The van der Waals surface area contributed by atoms with E-state index in [9.17, 15) is 0 Å². The van der Waals surface area contributed by atoms with Gasteiger partial charge in [-0.25, -0.2) is 0 Å². The van der Waals surface area contributed by atoms with Gasteiger partial charge in [-0.3, -0.25) is 4.98 Å². The third-order valence-corrected chi connectivity index (χ3v) is 3.26. The van der Waals surface area contributed by atoms with E-state index in [1.807, 2.05) is 12.4 Å². The van der Waals surface area contributed by atoms with Crippen molar-refractivity contribution in [3.05, 3.63) is 24.0 Å². The summed E-state index contributed by atoms with van der Waals surface area (Å²) in [6.45, 7) is 7.53. The summed E-state index contributed by atoms with van der Waals surface area (Å²) >= 11 is 0. The minimum atomic E-state index is 0.771. The second kappa shape index (κ2) is 6.01. The van der Waals surface area contributed by atoms with Crippen molar-refractivity contribution < 1.29 is 0 Å². The lowest BCUT2D eigenvalue weighted by Crippen LogP contribution is -2.27. The molecule has 17 heavy (non-hydrogen) atoms. The highest BCUT2D eigenvalue weighted by atomic mass is 15.2. The average molecular weight is 233 g/mol. The van der Waals surface area contributed by atoms with Gasteiger partial charge in [0, 0.05) is 42.8 Å². The summed E-state index contributed by atoms with van der Waals surface area (Å²) in [6, 6.07) is 2.93. The van der Waals surface area contributed by atoms with Crippen LogP contribution in [0.15, 0.2) is 18.5 Å². The first-order valence-corrected chi connectivity index (χ1v) is 6.77. The zero-order chi connectivity index (χ0) is 12.1. The van der Waals surface area contributed by atoms with Crippen LogP contribution in [-0.2, 0) is 6.54 Å². The molecule has 0 aliphatic heterocycles. The minimum absolute atomic E-state index is 0.771. The molecule has 1 aromatic rings. The van der Waals surface area contributed by atoms with E-state index >= 15 is 0 Å². The molecule has 0 saturated heterocycles. The third-order valence-electron chi connectivity index (χ3n) is 3.26. The van der Waals surface area contributed by atoms with Gasteiger partial charge >= 0.3 is 0 Å². The maximum absolute atomic E-state index is 4.25. The van der Waals surface area contributed by atoms with Crippen molar-refractivity contribution in [2.45, 2.75) is 45.7 Å². The summed E-state index contributed by atoms with van der Waals surface area (Å²) in [7, 11) is 0.